The van der Waals surface area contributed by atoms with Crippen LogP contribution in [-0.4, -0.2) is 42.4 Å². The minimum absolute atomic E-state index is 0.0764. The molecule has 1 aliphatic rings. The Balaban J connectivity index is 2.12. The van der Waals surface area contributed by atoms with Crippen molar-refractivity contribution in [1.29, 1.82) is 0 Å². The first-order chi connectivity index (χ1) is 9.00. The molecule has 1 atom stereocenters. The maximum absolute atomic E-state index is 12.2. The molecule has 1 heterocycles. The van der Waals surface area contributed by atoms with Crippen LogP contribution in [-0.2, 0) is 9.59 Å². The molecule has 0 aromatic heterocycles. The zero-order valence-electron chi connectivity index (χ0n) is 10.7. The van der Waals surface area contributed by atoms with E-state index in [9.17, 15) is 9.59 Å². The van der Waals surface area contributed by atoms with Crippen molar-refractivity contribution >= 4 is 29.1 Å². The van der Waals surface area contributed by atoms with Crippen molar-refractivity contribution < 1.29 is 9.59 Å². The summed E-state index contributed by atoms with van der Waals surface area (Å²) in [5, 5.41) is 0.548. The van der Waals surface area contributed by atoms with Gasteiger partial charge in [0.05, 0.1) is 23.3 Å². The van der Waals surface area contributed by atoms with Crippen molar-refractivity contribution in [2.45, 2.75) is 13.0 Å². The molecule has 1 saturated heterocycles. The van der Waals surface area contributed by atoms with Crippen molar-refractivity contribution in [2.75, 3.05) is 24.5 Å². The molecule has 0 unspecified atom stereocenters. The molecular weight excluding hydrogens is 266 g/mol. The molecule has 2 rings (SSSR count). The molecule has 0 aliphatic carbocycles. The van der Waals surface area contributed by atoms with Gasteiger partial charge in [-0.2, -0.15) is 0 Å². The van der Waals surface area contributed by atoms with Crippen molar-refractivity contribution in [2.24, 2.45) is 5.73 Å². The Morgan fingerprint density at radius 3 is 2.63 bits per heavy atom. The van der Waals surface area contributed by atoms with Gasteiger partial charge in [-0.1, -0.05) is 23.7 Å². The van der Waals surface area contributed by atoms with Crippen LogP contribution in [0.4, 0.5) is 5.69 Å². The van der Waals surface area contributed by atoms with E-state index in [0.29, 0.717) is 23.8 Å². The Kier molecular flexibility index (Phi) is 4.07. The highest BCUT2D eigenvalue weighted by Crippen LogP contribution is 2.26. The predicted molar refractivity (Wildman–Crippen MR) is 74.0 cm³/mol. The number of hydrogen-bond donors (Lipinski definition) is 1. The number of hydrogen-bond acceptors (Lipinski definition) is 3. The van der Waals surface area contributed by atoms with Crippen LogP contribution in [0.25, 0.3) is 0 Å². The van der Waals surface area contributed by atoms with Crippen molar-refractivity contribution in [3.63, 3.8) is 0 Å². The average Bonchev–Trinajstić information content (AvgIpc) is 2.38. The van der Waals surface area contributed by atoms with Gasteiger partial charge in [0.1, 0.15) is 0 Å². The molecule has 1 fully saturated rings. The summed E-state index contributed by atoms with van der Waals surface area (Å²) in [4.78, 5) is 26.7. The highest BCUT2D eigenvalue weighted by molar-refractivity contribution is 6.33. The molecule has 6 heteroatoms. The first kappa shape index (κ1) is 13.8. The normalized spacial score (nSPS) is 18.4. The van der Waals surface area contributed by atoms with Gasteiger partial charge >= 0.3 is 0 Å². The van der Waals surface area contributed by atoms with E-state index in [2.05, 4.69) is 0 Å². The number of rotatable bonds is 3. The van der Waals surface area contributed by atoms with E-state index < -0.39 is 11.9 Å². The van der Waals surface area contributed by atoms with Crippen LogP contribution >= 0.6 is 11.6 Å². The summed E-state index contributed by atoms with van der Waals surface area (Å²) in [5.74, 6) is -0.494. The first-order valence-corrected chi connectivity index (χ1v) is 6.46. The van der Waals surface area contributed by atoms with E-state index in [-0.39, 0.29) is 12.5 Å². The quantitative estimate of drug-likeness (QED) is 0.894. The number of anilines is 1. The number of carbonyl (C=O) groups excluding carboxylic acids is 2. The lowest BCUT2D eigenvalue weighted by Gasteiger charge is -2.36. The van der Waals surface area contributed by atoms with Gasteiger partial charge in [0.2, 0.25) is 11.8 Å². The fraction of sp³-hybridized carbons (Fsp3) is 0.385. The van der Waals surface area contributed by atoms with Crippen LogP contribution in [0.1, 0.15) is 6.92 Å². The van der Waals surface area contributed by atoms with Gasteiger partial charge in [-0.05, 0) is 19.1 Å². The Morgan fingerprint density at radius 1 is 1.37 bits per heavy atom. The zero-order valence-corrected chi connectivity index (χ0v) is 11.4. The number of amides is 2. The molecule has 1 aliphatic heterocycles. The third-order valence-corrected chi connectivity index (χ3v) is 3.67. The summed E-state index contributed by atoms with van der Waals surface area (Å²) in [6.45, 7) is 2.98. The maximum Gasteiger partial charge on any atom is 0.241 e. The Labute approximate surface area is 116 Å². The number of primary amides is 1. The minimum atomic E-state index is -0.433. The third-order valence-electron chi connectivity index (χ3n) is 3.35. The molecule has 0 spiro atoms. The number of halogens is 1. The lowest BCUT2D eigenvalue weighted by atomic mass is 10.2. The molecule has 1 aromatic carbocycles. The van der Waals surface area contributed by atoms with Crippen molar-refractivity contribution in [3.05, 3.63) is 29.3 Å². The summed E-state index contributed by atoms with van der Waals surface area (Å²) in [5.41, 5.74) is 5.96. The first-order valence-electron chi connectivity index (χ1n) is 6.09. The van der Waals surface area contributed by atoms with E-state index in [4.69, 9.17) is 17.3 Å². The van der Waals surface area contributed by atoms with Crippen LogP contribution in [0, 0.1) is 0 Å². The number of nitrogens with zero attached hydrogens (tertiary/aromatic N) is 2. The Hall–Kier alpha value is -1.59. The topological polar surface area (TPSA) is 66.6 Å². The van der Waals surface area contributed by atoms with Crippen molar-refractivity contribution in [3.8, 4) is 0 Å². The van der Waals surface area contributed by atoms with Gasteiger partial charge in [0.15, 0.2) is 0 Å². The highest BCUT2D eigenvalue weighted by atomic mass is 35.5. The second-order valence-electron chi connectivity index (χ2n) is 4.55. The number of para-hydroxylation sites is 1. The van der Waals surface area contributed by atoms with Crippen LogP contribution in [0.2, 0.25) is 5.02 Å². The Bertz CT molecular complexity index is 506. The van der Waals surface area contributed by atoms with Crippen LogP contribution in [0.3, 0.4) is 0 Å². The molecule has 1 aromatic rings. The molecular formula is C13H16ClN3O2. The number of piperazine rings is 1. The summed E-state index contributed by atoms with van der Waals surface area (Å²) < 4.78 is 0. The second kappa shape index (κ2) is 5.59. The summed E-state index contributed by atoms with van der Waals surface area (Å²) >= 11 is 6.09. The van der Waals surface area contributed by atoms with Crippen molar-refractivity contribution in [1.82, 2.24) is 4.90 Å². The predicted octanol–water partition coefficient (Wildman–Crippen LogP) is 0.862. The third kappa shape index (κ3) is 2.88. The molecule has 102 valence electrons. The summed E-state index contributed by atoms with van der Waals surface area (Å²) in [7, 11) is 0. The monoisotopic (exact) mass is 281 g/mol. The van der Waals surface area contributed by atoms with E-state index >= 15 is 0 Å². The number of nitrogens with two attached hydrogens (primary N) is 1. The van der Waals surface area contributed by atoms with Gasteiger partial charge in [0, 0.05) is 13.1 Å². The van der Waals surface area contributed by atoms with E-state index in [1.807, 2.05) is 18.2 Å². The largest absolute Gasteiger partial charge is 0.368 e. The summed E-state index contributed by atoms with van der Waals surface area (Å²) in [6, 6.07) is 6.79. The van der Waals surface area contributed by atoms with Gasteiger partial charge in [0.25, 0.3) is 0 Å². The lowest BCUT2D eigenvalue weighted by Crippen LogP contribution is -2.55. The molecule has 0 radical (unpaired) electrons. The molecule has 0 saturated carbocycles. The standard InChI is InChI=1S/C13H16ClN3O2/c1-9(13(15)19)16-6-7-17(12(18)8-16)11-5-3-2-4-10(11)14/h2-5,9H,6-8H2,1H3,(H2,15,19)/t9-/m1/s1. The van der Waals surface area contributed by atoms with Gasteiger partial charge in [-0.25, -0.2) is 0 Å². The van der Waals surface area contributed by atoms with Crippen LogP contribution < -0.4 is 10.6 Å². The highest BCUT2D eigenvalue weighted by Gasteiger charge is 2.30. The van der Waals surface area contributed by atoms with E-state index in [1.165, 1.54) is 0 Å². The van der Waals surface area contributed by atoms with Crippen LogP contribution in [0.15, 0.2) is 24.3 Å². The van der Waals surface area contributed by atoms with E-state index in [1.54, 1.807) is 22.8 Å². The minimum Gasteiger partial charge on any atom is -0.368 e. The van der Waals surface area contributed by atoms with Gasteiger partial charge < -0.3 is 10.6 Å². The second-order valence-corrected chi connectivity index (χ2v) is 4.95. The Morgan fingerprint density at radius 2 is 2.05 bits per heavy atom. The molecule has 2 amide bonds. The van der Waals surface area contributed by atoms with Gasteiger partial charge in [-0.3, -0.25) is 14.5 Å². The van der Waals surface area contributed by atoms with Gasteiger partial charge in [-0.15, -0.1) is 0 Å². The molecule has 19 heavy (non-hydrogen) atoms. The SMILES string of the molecule is C[C@H](C(N)=O)N1CCN(c2ccccc2Cl)C(=O)C1. The average molecular weight is 282 g/mol. The fourth-order valence-electron chi connectivity index (χ4n) is 2.13. The zero-order chi connectivity index (χ0) is 14.0. The fourth-order valence-corrected chi connectivity index (χ4v) is 2.36. The molecule has 5 nitrogen and oxygen atoms in total. The lowest BCUT2D eigenvalue weighted by molar-refractivity contribution is -0.126. The smallest absolute Gasteiger partial charge is 0.241 e. The maximum atomic E-state index is 12.2. The van der Waals surface area contributed by atoms with Crippen LogP contribution in [0.5, 0.6) is 0 Å². The molecule has 2 N–H and O–H groups in total. The summed E-state index contributed by atoms with van der Waals surface area (Å²) in [6.07, 6.45) is 0. The number of benzene rings is 1. The molecule has 0 bridgehead atoms. The van der Waals surface area contributed by atoms with E-state index in [0.717, 1.165) is 0 Å². The number of carbonyl (C=O) groups is 2.